The van der Waals surface area contributed by atoms with Crippen LogP contribution in [-0.2, 0) is 14.8 Å². The number of methoxy groups -OCH3 is 1. The van der Waals surface area contributed by atoms with E-state index in [0.717, 1.165) is 23.4 Å². The zero-order chi connectivity index (χ0) is 18.2. The summed E-state index contributed by atoms with van der Waals surface area (Å²) in [6.45, 7) is -0.255. The van der Waals surface area contributed by atoms with E-state index < -0.39 is 10.0 Å². The van der Waals surface area contributed by atoms with E-state index in [1.165, 1.54) is 26.0 Å². The summed E-state index contributed by atoms with van der Waals surface area (Å²) in [5.41, 5.74) is 0.344. The predicted octanol–water partition coefficient (Wildman–Crippen LogP) is 2.42. The Balaban J connectivity index is 1.73. The highest BCUT2D eigenvalue weighted by molar-refractivity contribution is 7.92. The van der Waals surface area contributed by atoms with Gasteiger partial charge in [0.15, 0.2) is 0 Å². The summed E-state index contributed by atoms with van der Waals surface area (Å²) < 4.78 is 30.5. The maximum atomic E-state index is 12.4. The van der Waals surface area contributed by atoms with Crippen LogP contribution in [0.1, 0.15) is 25.7 Å². The van der Waals surface area contributed by atoms with Crippen molar-refractivity contribution < 1.29 is 17.9 Å². The van der Waals surface area contributed by atoms with Gasteiger partial charge in [0, 0.05) is 6.04 Å². The molecule has 8 heteroatoms. The van der Waals surface area contributed by atoms with Crippen LogP contribution in [0.15, 0.2) is 18.2 Å². The lowest BCUT2D eigenvalue weighted by Crippen LogP contribution is -2.45. The maximum Gasteiger partial charge on any atom is 0.241 e. The zero-order valence-corrected chi connectivity index (χ0v) is 15.9. The number of carbonyl (C=O) groups excluding carboxylic acids is 1. The quantitative estimate of drug-likeness (QED) is 0.814. The van der Waals surface area contributed by atoms with Crippen LogP contribution < -0.4 is 14.4 Å². The molecule has 0 spiro atoms. The number of amides is 1. The lowest BCUT2D eigenvalue weighted by atomic mass is 9.95. The van der Waals surface area contributed by atoms with Gasteiger partial charge in [0.2, 0.25) is 15.9 Å². The normalized spacial score (nSPS) is 25.0. The van der Waals surface area contributed by atoms with E-state index in [4.69, 9.17) is 16.3 Å². The molecule has 1 aromatic carbocycles. The Bertz CT molecular complexity index is 768. The summed E-state index contributed by atoms with van der Waals surface area (Å²) in [5, 5.41) is 3.31. The molecule has 0 aromatic heterocycles. The fraction of sp³-hybridized carbons (Fsp3) is 0.588. The molecule has 2 fully saturated rings. The molecule has 3 atom stereocenters. The van der Waals surface area contributed by atoms with Crippen LogP contribution in [0.3, 0.4) is 0 Å². The third kappa shape index (κ3) is 4.03. The molecule has 3 rings (SSSR count). The molecule has 1 N–H and O–H groups in total. The molecular formula is C17H23ClN2O4S. The minimum absolute atomic E-state index is 0.173. The van der Waals surface area contributed by atoms with Crippen molar-refractivity contribution in [1.29, 1.82) is 0 Å². The van der Waals surface area contributed by atoms with Crippen molar-refractivity contribution in [3.63, 3.8) is 0 Å². The summed E-state index contributed by atoms with van der Waals surface area (Å²) in [5.74, 6) is 1.41. The second kappa shape index (κ2) is 7.03. The molecule has 2 aliphatic carbocycles. The number of anilines is 1. The topological polar surface area (TPSA) is 75.7 Å². The first-order valence-corrected chi connectivity index (χ1v) is 10.6. The van der Waals surface area contributed by atoms with Gasteiger partial charge in [-0.15, -0.1) is 0 Å². The van der Waals surface area contributed by atoms with Gasteiger partial charge in [-0.25, -0.2) is 8.42 Å². The summed E-state index contributed by atoms with van der Waals surface area (Å²) >= 11 is 6.09. The molecule has 2 saturated carbocycles. The Morgan fingerprint density at radius 1 is 1.36 bits per heavy atom. The van der Waals surface area contributed by atoms with E-state index in [-0.39, 0.29) is 18.5 Å². The molecule has 0 aliphatic heterocycles. The van der Waals surface area contributed by atoms with E-state index in [2.05, 4.69) is 5.32 Å². The Hall–Kier alpha value is -1.47. The van der Waals surface area contributed by atoms with Crippen molar-refractivity contribution in [3.8, 4) is 5.75 Å². The van der Waals surface area contributed by atoms with E-state index in [1.807, 2.05) is 0 Å². The van der Waals surface area contributed by atoms with Crippen molar-refractivity contribution >= 4 is 33.2 Å². The van der Waals surface area contributed by atoms with Crippen LogP contribution in [0, 0.1) is 11.8 Å². The molecule has 1 amide bonds. The maximum absolute atomic E-state index is 12.4. The number of nitrogens with one attached hydrogen (secondary N) is 1. The number of nitrogens with zero attached hydrogens (tertiary/aromatic N) is 1. The number of hydrogen-bond acceptors (Lipinski definition) is 4. The molecular weight excluding hydrogens is 364 g/mol. The average Bonchev–Trinajstić information content (AvgIpc) is 3.14. The predicted molar refractivity (Wildman–Crippen MR) is 97.6 cm³/mol. The molecule has 2 bridgehead atoms. The van der Waals surface area contributed by atoms with Crippen molar-refractivity contribution in [1.82, 2.24) is 5.32 Å². The highest BCUT2D eigenvalue weighted by atomic mass is 35.5. The minimum Gasteiger partial charge on any atom is -0.495 e. The van der Waals surface area contributed by atoms with E-state index in [1.54, 1.807) is 12.1 Å². The number of hydrogen-bond donors (Lipinski definition) is 1. The van der Waals surface area contributed by atoms with Gasteiger partial charge in [-0.1, -0.05) is 18.0 Å². The van der Waals surface area contributed by atoms with Gasteiger partial charge in [0.25, 0.3) is 0 Å². The molecule has 0 heterocycles. The van der Waals surface area contributed by atoms with Crippen molar-refractivity contribution in [3.05, 3.63) is 23.2 Å². The first-order chi connectivity index (χ1) is 11.8. The average molecular weight is 387 g/mol. The second-order valence-electron chi connectivity index (χ2n) is 6.94. The standard InChI is InChI=1S/C17H23ClN2O4S/c1-24-16-6-5-13(9-14(16)18)20(25(2,22)23)10-17(21)19-15-8-11-3-4-12(15)7-11/h5-6,9,11-12,15H,3-4,7-8,10H2,1-2H3,(H,19,21)/t11-,12-,15+/m1/s1. The van der Waals surface area contributed by atoms with Crippen LogP contribution >= 0.6 is 11.6 Å². The van der Waals surface area contributed by atoms with Crippen LogP contribution in [0.4, 0.5) is 5.69 Å². The number of fused-ring (bicyclic) bond motifs is 2. The third-order valence-corrected chi connectivity index (χ3v) is 6.63. The zero-order valence-electron chi connectivity index (χ0n) is 14.4. The molecule has 0 radical (unpaired) electrons. The Kier molecular flexibility index (Phi) is 5.16. The Morgan fingerprint density at radius 3 is 2.64 bits per heavy atom. The summed E-state index contributed by atoms with van der Waals surface area (Å²) in [6, 6.07) is 4.83. The van der Waals surface area contributed by atoms with E-state index in [0.29, 0.717) is 28.3 Å². The van der Waals surface area contributed by atoms with Crippen molar-refractivity contribution in [2.24, 2.45) is 11.8 Å². The number of halogens is 1. The van der Waals surface area contributed by atoms with E-state index >= 15 is 0 Å². The molecule has 6 nitrogen and oxygen atoms in total. The number of ether oxygens (including phenoxy) is 1. The first-order valence-electron chi connectivity index (χ1n) is 8.38. The number of carbonyl (C=O) groups is 1. The van der Waals surface area contributed by atoms with Gasteiger partial charge in [0.05, 0.1) is 24.1 Å². The van der Waals surface area contributed by atoms with Crippen LogP contribution in [0.25, 0.3) is 0 Å². The summed E-state index contributed by atoms with van der Waals surface area (Å²) in [4.78, 5) is 12.4. The monoisotopic (exact) mass is 386 g/mol. The SMILES string of the molecule is COc1ccc(N(CC(=O)N[C@H]2C[C@@H]3CC[C@@H]2C3)S(C)(=O)=O)cc1Cl. The van der Waals surface area contributed by atoms with Gasteiger partial charge < -0.3 is 10.1 Å². The van der Waals surface area contributed by atoms with Gasteiger partial charge in [0.1, 0.15) is 12.3 Å². The highest BCUT2D eigenvalue weighted by Gasteiger charge is 2.40. The molecule has 25 heavy (non-hydrogen) atoms. The number of rotatable bonds is 6. The van der Waals surface area contributed by atoms with Crippen LogP contribution in [-0.4, -0.2) is 40.3 Å². The van der Waals surface area contributed by atoms with Gasteiger partial charge >= 0.3 is 0 Å². The minimum atomic E-state index is -3.62. The highest BCUT2D eigenvalue weighted by Crippen LogP contribution is 2.44. The lowest BCUT2D eigenvalue weighted by Gasteiger charge is -2.26. The lowest BCUT2D eigenvalue weighted by molar-refractivity contribution is -0.120. The fourth-order valence-electron chi connectivity index (χ4n) is 4.01. The van der Waals surface area contributed by atoms with Gasteiger partial charge in [-0.3, -0.25) is 9.10 Å². The van der Waals surface area contributed by atoms with Gasteiger partial charge in [-0.2, -0.15) is 0 Å². The first kappa shape index (κ1) is 18.3. The van der Waals surface area contributed by atoms with Crippen LogP contribution in [0.5, 0.6) is 5.75 Å². The number of sulfonamides is 1. The molecule has 1 aromatic rings. The number of benzene rings is 1. The molecule has 0 saturated heterocycles. The smallest absolute Gasteiger partial charge is 0.241 e. The Morgan fingerprint density at radius 2 is 2.12 bits per heavy atom. The van der Waals surface area contributed by atoms with Gasteiger partial charge in [-0.05, 0) is 49.3 Å². The fourth-order valence-corrected chi connectivity index (χ4v) is 5.12. The summed E-state index contributed by atoms with van der Waals surface area (Å²) in [7, 11) is -2.14. The Labute approximate surface area is 153 Å². The molecule has 2 aliphatic rings. The second-order valence-corrected chi connectivity index (χ2v) is 9.25. The summed E-state index contributed by atoms with van der Waals surface area (Å²) in [6.07, 6.45) is 5.66. The van der Waals surface area contributed by atoms with Crippen LogP contribution in [0.2, 0.25) is 5.02 Å². The van der Waals surface area contributed by atoms with E-state index in [9.17, 15) is 13.2 Å². The molecule has 138 valence electrons. The van der Waals surface area contributed by atoms with Crippen molar-refractivity contribution in [2.75, 3.05) is 24.2 Å². The van der Waals surface area contributed by atoms with Crippen molar-refractivity contribution in [2.45, 2.75) is 31.7 Å². The largest absolute Gasteiger partial charge is 0.495 e. The third-order valence-electron chi connectivity index (χ3n) is 5.20. The molecule has 0 unspecified atom stereocenters.